The highest BCUT2D eigenvalue weighted by Gasteiger charge is 2.36. The highest BCUT2D eigenvalue weighted by atomic mass is 127. The molecule has 0 amide bonds. The molecule has 0 radical (unpaired) electrons. The average Bonchev–Trinajstić information content (AvgIpc) is 3.65. The number of alkyl halides is 2. The molecule has 0 aromatic heterocycles. The summed E-state index contributed by atoms with van der Waals surface area (Å²) in [6, 6.07) is 105. The van der Waals surface area contributed by atoms with Gasteiger partial charge in [-0.25, -0.2) is 0 Å². The Morgan fingerprint density at radius 2 is 0.487 bits per heavy atom. The third-order valence-electron chi connectivity index (χ3n) is 14.8. The molecule has 12 aromatic carbocycles. The van der Waals surface area contributed by atoms with Crippen molar-refractivity contribution in [3.05, 3.63) is 326 Å². The van der Waals surface area contributed by atoms with Gasteiger partial charge in [-0.05, 0) is 181 Å². The summed E-state index contributed by atoms with van der Waals surface area (Å²) in [5.41, 5.74) is 22.2. The molecule has 2 unspecified atom stereocenters. The van der Waals surface area contributed by atoms with Crippen molar-refractivity contribution in [3.8, 4) is 100 Å². The average molecular weight is 1230 g/mol. The number of benzene rings is 12. The molecular formula is C74H52I2O2. The fraction of sp³-hybridized carbons (Fsp3) is 0.0270. The molecule has 0 aliphatic heterocycles. The summed E-state index contributed by atoms with van der Waals surface area (Å²) in [6.45, 7) is 0. The van der Waals surface area contributed by atoms with Gasteiger partial charge in [0.25, 0.3) is 0 Å². The summed E-state index contributed by atoms with van der Waals surface area (Å²) >= 11 is 4.49. The van der Waals surface area contributed by atoms with Crippen LogP contribution in [0.1, 0.15) is 22.3 Å². The lowest BCUT2D eigenvalue weighted by Gasteiger charge is -2.30. The van der Waals surface area contributed by atoms with Gasteiger partial charge in [-0.15, -0.1) is 0 Å². The van der Waals surface area contributed by atoms with Gasteiger partial charge in [-0.3, -0.25) is 0 Å². The lowest BCUT2D eigenvalue weighted by atomic mass is 9.82. The molecule has 2 N–H and O–H groups in total. The van der Waals surface area contributed by atoms with E-state index in [2.05, 4.69) is 312 Å². The van der Waals surface area contributed by atoms with Crippen molar-refractivity contribution in [2.45, 2.75) is 7.22 Å². The zero-order valence-corrected chi connectivity index (χ0v) is 46.8. The van der Waals surface area contributed by atoms with Crippen LogP contribution in [0.4, 0.5) is 0 Å². The van der Waals surface area contributed by atoms with Crippen LogP contribution in [0.15, 0.2) is 303 Å². The quantitative estimate of drug-likeness (QED) is 0.0892. The zero-order chi connectivity index (χ0) is 53.1. The highest BCUT2D eigenvalue weighted by molar-refractivity contribution is 14.1. The monoisotopic (exact) mass is 1230 g/mol. The Hall–Kier alpha value is -7.98. The molecule has 0 bridgehead atoms. The largest absolute Gasteiger partial charge is 0.371 e. The molecule has 0 fully saturated rings. The van der Waals surface area contributed by atoms with Gasteiger partial charge in [-0.1, -0.05) is 279 Å². The maximum atomic E-state index is 13.4. The number of hydrogen-bond donors (Lipinski definition) is 2. The molecule has 12 aromatic rings. The molecule has 0 saturated carbocycles. The Labute approximate surface area is 484 Å². The molecule has 0 aliphatic rings. The number of rotatable bonds is 13. The second-order valence-corrected chi connectivity index (χ2v) is 22.7. The first-order valence-electron chi connectivity index (χ1n) is 26.1. The molecule has 12 rings (SSSR count). The molecule has 2 atom stereocenters. The molecule has 2 nitrogen and oxygen atoms in total. The van der Waals surface area contributed by atoms with Crippen LogP contribution in [0.5, 0.6) is 0 Å². The van der Waals surface area contributed by atoms with Crippen molar-refractivity contribution in [1.29, 1.82) is 0 Å². The van der Waals surface area contributed by atoms with E-state index in [0.29, 0.717) is 0 Å². The van der Waals surface area contributed by atoms with Gasteiger partial charge in [-0.2, -0.15) is 0 Å². The van der Waals surface area contributed by atoms with Gasteiger partial charge in [0.2, 0.25) is 0 Å². The number of aliphatic hydroxyl groups is 2. The SMILES string of the molecule is OC(I)(c1ccc(-c2ccccc2)c(-c2ccccc2)c1)c1ccc(-c2cccc(-c3cccc(-c4cccc(C(O)(I)c5cccc(-c6ccccc6)c5-c5ccccc5)c4-c4ccccc4)c3)c2)c(-c2ccccc2)c1. The summed E-state index contributed by atoms with van der Waals surface area (Å²) < 4.78 is -2.79. The Bertz CT molecular complexity index is 4050. The first kappa shape index (κ1) is 50.8. The van der Waals surface area contributed by atoms with Crippen LogP contribution in [0.3, 0.4) is 0 Å². The van der Waals surface area contributed by atoms with Gasteiger partial charge in [0, 0.05) is 11.1 Å². The smallest absolute Gasteiger partial charge is 0.167 e. The maximum absolute atomic E-state index is 13.4. The number of halogens is 2. The van der Waals surface area contributed by atoms with Crippen LogP contribution in [-0.4, -0.2) is 10.2 Å². The van der Waals surface area contributed by atoms with E-state index in [1.807, 2.05) is 36.4 Å². The second kappa shape index (κ2) is 22.2. The molecule has 0 spiro atoms. The summed E-state index contributed by atoms with van der Waals surface area (Å²) in [7, 11) is 0. The van der Waals surface area contributed by atoms with Crippen molar-refractivity contribution in [2.24, 2.45) is 0 Å². The van der Waals surface area contributed by atoms with Crippen molar-refractivity contribution in [1.82, 2.24) is 0 Å². The van der Waals surface area contributed by atoms with E-state index in [1.165, 1.54) is 0 Å². The third-order valence-corrected chi connectivity index (χ3v) is 17.2. The minimum atomic E-state index is -1.45. The van der Waals surface area contributed by atoms with Crippen molar-refractivity contribution in [2.75, 3.05) is 0 Å². The topological polar surface area (TPSA) is 40.5 Å². The fourth-order valence-corrected chi connectivity index (χ4v) is 12.5. The highest BCUT2D eigenvalue weighted by Crippen LogP contribution is 2.51. The van der Waals surface area contributed by atoms with E-state index >= 15 is 0 Å². The summed E-state index contributed by atoms with van der Waals surface area (Å²) in [4.78, 5) is 0. The Morgan fingerprint density at radius 3 is 0.885 bits per heavy atom. The molecule has 78 heavy (non-hydrogen) atoms. The van der Waals surface area contributed by atoms with E-state index in [9.17, 15) is 10.2 Å². The predicted octanol–water partition coefficient (Wildman–Crippen LogP) is 19.9. The molecule has 0 heterocycles. The van der Waals surface area contributed by atoms with Gasteiger partial charge < -0.3 is 10.2 Å². The van der Waals surface area contributed by atoms with Crippen molar-refractivity contribution in [3.63, 3.8) is 0 Å². The lowest BCUT2D eigenvalue weighted by molar-refractivity contribution is 0.200. The van der Waals surface area contributed by atoms with Crippen LogP contribution in [0.25, 0.3) is 100 Å². The standard InChI is InChI=1S/C74H52I2O2/c75-73(77,61-43-45-63(51-23-7-1-8-24-51)67(49-61)53-27-11-3-12-28-53)62-44-46-64(68(50-62)54-29-13-4-14-30-54)59-37-19-35-57(47-59)58-36-20-38-60(48-58)66-40-22-42-70(72(66)56-33-17-6-18-34-56)74(76,78)69-41-21-39-65(52-25-9-2-10-26-52)71(69)55-31-15-5-16-32-55/h1-50,77-78H. The summed E-state index contributed by atoms with van der Waals surface area (Å²) in [5, 5.41) is 26.1. The van der Waals surface area contributed by atoms with Crippen LogP contribution in [0, 0.1) is 0 Å². The van der Waals surface area contributed by atoms with Crippen molar-refractivity contribution < 1.29 is 10.2 Å². The minimum Gasteiger partial charge on any atom is -0.371 e. The van der Waals surface area contributed by atoms with Crippen LogP contribution in [0.2, 0.25) is 0 Å². The second-order valence-electron chi connectivity index (χ2n) is 19.6. The zero-order valence-electron chi connectivity index (χ0n) is 42.5. The maximum Gasteiger partial charge on any atom is 0.167 e. The summed E-state index contributed by atoms with van der Waals surface area (Å²) in [5.74, 6) is 0. The number of hydrogen-bond acceptors (Lipinski definition) is 2. The molecule has 4 heteroatoms. The van der Waals surface area contributed by atoms with E-state index in [4.69, 9.17) is 0 Å². The fourth-order valence-electron chi connectivity index (χ4n) is 11.0. The Kier molecular flexibility index (Phi) is 14.4. The lowest BCUT2D eigenvalue weighted by Crippen LogP contribution is -2.21. The molecule has 0 saturated heterocycles. The van der Waals surface area contributed by atoms with Crippen LogP contribution >= 0.6 is 45.2 Å². The molecule has 374 valence electrons. The van der Waals surface area contributed by atoms with Crippen LogP contribution < -0.4 is 0 Å². The van der Waals surface area contributed by atoms with E-state index in [1.54, 1.807) is 0 Å². The van der Waals surface area contributed by atoms with E-state index in [-0.39, 0.29) is 0 Å². The van der Waals surface area contributed by atoms with E-state index < -0.39 is 7.22 Å². The van der Waals surface area contributed by atoms with Gasteiger partial charge in [0.15, 0.2) is 7.22 Å². The van der Waals surface area contributed by atoms with Crippen LogP contribution in [-0.2, 0) is 7.22 Å². The third kappa shape index (κ3) is 10.1. The summed E-state index contributed by atoms with van der Waals surface area (Å²) in [6.07, 6.45) is 0. The normalized spacial score (nSPS) is 12.8. The van der Waals surface area contributed by atoms with Gasteiger partial charge >= 0.3 is 0 Å². The van der Waals surface area contributed by atoms with E-state index in [0.717, 1.165) is 122 Å². The molecular weight excluding hydrogens is 1170 g/mol. The predicted molar refractivity (Wildman–Crippen MR) is 342 cm³/mol. The minimum absolute atomic E-state index is 0.788. The Balaban J connectivity index is 0.942. The van der Waals surface area contributed by atoms with Gasteiger partial charge in [0.05, 0.1) is 0 Å². The molecule has 0 aliphatic carbocycles. The first-order valence-corrected chi connectivity index (χ1v) is 28.3. The van der Waals surface area contributed by atoms with Crippen molar-refractivity contribution >= 4 is 45.2 Å². The Morgan fingerprint density at radius 1 is 0.205 bits per heavy atom. The first-order chi connectivity index (χ1) is 38.2. The van der Waals surface area contributed by atoms with Gasteiger partial charge in [0.1, 0.15) is 0 Å².